The Hall–Kier alpha value is -2.97. The molecule has 0 spiro atoms. The number of phenolic OH excluding ortho intramolecular Hbond substituents is 1. The summed E-state index contributed by atoms with van der Waals surface area (Å²) in [6, 6.07) is 8.50. The molecule has 42 heavy (non-hydrogen) atoms. The molecule has 8 rings (SSSR count). The molecule has 0 aliphatic carbocycles. The number of halogens is 1. The highest BCUT2D eigenvalue weighted by atomic mass is 19.1. The van der Waals surface area contributed by atoms with Crippen LogP contribution >= 0.6 is 0 Å². The number of nitrogens with one attached hydrogen (secondary N) is 1. The number of nitrogens with zero attached hydrogens (tertiary/aromatic N) is 4. The van der Waals surface area contributed by atoms with Gasteiger partial charge in [-0.3, -0.25) is 4.90 Å². The third-order valence-corrected chi connectivity index (χ3v) is 11.0. The molecule has 8 heteroatoms. The number of hydrogen-bond acceptors (Lipinski definition) is 7. The number of benzene rings is 2. The molecule has 1 unspecified atom stereocenters. The minimum absolute atomic E-state index is 0.139. The number of rotatable bonds is 6. The fraction of sp³-hybridized carbons (Fsp3) is 0.588. The normalized spacial score (nSPS) is 26.5. The van der Waals surface area contributed by atoms with Crippen LogP contribution in [0.2, 0.25) is 0 Å². The van der Waals surface area contributed by atoms with E-state index in [4.69, 9.17) is 14.7 Å². The van der Waals surface area contributed by atoms with Crippen LogP contribution in [0.4, 0.5) is 10.1 Å². The fourth-order valence-corrected chi connectivity index (χ4v) is 9.06. The fourth-order valence-electron chi connectivity index (χ4n) is 9.06. The quantitative estimate of drug-likeness (QED) is 0.399. The van der Waals surface area contributed by atoms with Crippen molar-refractivity contribution >= 4 is 16.5 Å². The van der Waals surface area contributed by atoms with Crippen LogP contribution in [0.3, 0.4) is 0 Å². The van der Waals surface area contributed by atoms with Gasteiger partial charge in [0.15, 0.2) is 0 Å². The molecule has 2 aromatic carbocycles. The molecule has 4 saturated heterocycles. The second kappa shape index (κ2) is 10.3. The van der Waals surface area contributed by atoms with Gasteiger partial charge in [0, 0.05) is 41.7 Å². The summed E-state index contributed by atoms with van der Waals surface area (Å²) in [6.07, 6.45) is 11.0. The summed E-state index contributed by atoms with van der Waals surface area (Å²) >= 11 is 0. The maximum atomic E-state index is 15.0. The minimum atomic E-state index is -0.192. The van der Waals surface area contributed by atoms with Crippen LogP contribution in [0.15, 0.2) is 24.3 Å². The van der Waals surface area contributed by atoms with Crippen molar-refractivity contribution in [2.45, 2.75) is 101 Å². The number of aromatic hydroxyl groups is 1. The number of aryl methyl sites for hydroxylation is 1. The van der Waals surface area contributed by atoms with E-state index in [0.29, 0.717) is 49.1 Å². The summed E-state index contributed by atoms with van der Waals surface area (Å²) in [6.45, 7) is 6.36. The van der Waals surface area contributed by atoms with E-state index >= 15 is 0 Å². The average molecular weight is 572 g/mol. The molecule has 5 aliphatic rings. The van der Waals surface area contributed by atoms with Crippen LogP contribution in [0.25, 0.3) is 10.8 Å². The summed E-state index contributed by atoms with van der Waals surface area (Å²) < 4.78 is 21.5. The van der Waals surface area contributed by atoms with E-state index in [1.807, 2.05) is 6.92 Å². The van der Waals surface area contributed by atoms with Crippen molar-refractivity contribution in [3.63, 3.8) is 0 Å². The van der Waals surface area contributed by atoms with Gasteiger partial charge < -0.3 is 20.1 Å². The topological polar surface area (TPSA) is 73.8 Å². The van der Waals surface area contributed by atoms with E-state index in [2.05, 4.69) is 15.1 Å². The second-order valence-corrected chi connectivity index (χ2v) is 13.4. The summed E-state index contributed by atoms with van der Waals surface area (Å²) in [5.74, 6) is 0.429. The Morgan fingerprint density at radius 2 is 1.86 bits per heavy atom. The molecule has 3 aromatic rings. The Balaban J connectivity index is 1.17. The average Bonchev–Trinajstić information content (AvgIpc) is 3.68. The van der Waals surface area contributed by atoms with E-state index in [1.54, 1.807) is 18.2 Å². The van der Waals surface area contributed by atoms with Crippen molar-refractivity contribution < 1.29 is 14.2 Å². The number of phenols is 1. The number of piperidine rings is 1. The van der Waals surface area contributed by atoms with Crippen LogP contribution < -0.4 is 15.0 Å². The van der Waals surface area contributed by atoms with Crippen LogP contribution in [0.1, 0.15) is 86.7 Å². The third kappa shape index (κ3) is 4.44. The van der Waals surface area contributed by atoms with Crippen molar-refractivity contribution in [3.05, 3.63) is 52.6 Å². The lowest BCUT2D eigenvalue weighted by Gasteiger charge is -2.35. The Bertz CT molecular complexity index is 1510. The molecule has 7 nitrogen and oxygen atoms in total. The van der Waals surface area contributed by atoms with E-state index in [1.165, 1.54) is 68.9 Å². The first-order chi connectivity index (χ1) is 20.5. The highest BCUT2D eigenvalue weighted by molar-refractivity contribution is 5.98. The lowest BCUT2D eigenvalue weighted by Crippen LogP contribution is -2.43. The van der Waals surface area contributed by atoms with E-state index < -0.39 is 0 Å². The number of hydrogen-bond donors (Lipinski definition) is 2. The standard InChI is InChI=1S/C34H42FN5O2/c1-2-26-28(35)8-5-21-17-25(41)18-30(31(21)26)39-14-9-27-29(19-39)37-33(42-20-34-10-3-12-40(34)13-4-11-34)38-32(27)22-15-23-6-7-24(16-22)36-23/h5,8,17-18,22-24,36,41H,2-4,6-7,9-16,19-20H2,1H3/t22?,23-,24+. The number of ether oxygens (including phenoxy) is 1. The molecule has 1 aromatic heterocycles. The first-order valence-corrected chi connectivity index (χ1v) is 16.2. The van der Waals surface area contributed by atoms with Gasteiger partial charge in [0.25, 0.3) is 0 Å². The van der Waals surface area contributed by atoms with Gasteiger partial charge in [0.2, 0.25) is 0 Å². The molecule has 3 atom stereocenters. The van der Waals surface area contributed by atoms with Crippen molar-refractivity contribution in [2.75, 3.05) is 31.1 Å². The Morgan fingerprint density at radius 3 is 2.62 bits per heavy atom. The zero-order chi connectivity index (χ0) is 28.4. The second-order valence-electron chi connectivity index (χ2n) is 13.4. The zero-order valence-corrected chi connectivity index (χ0v) is 24.7. The highest BCUT2D eigenvalue weighted by Crippen LogP contribution is 2.43. The predicted molar refractivity (Wildman–Crippen MR) is 162 cm³/mol. The van der Waals surface area contributed by atoms with E-state index in [9.17, 15) is 9.50 Å². The van der Waals surface area contributed by atoms with Crippen LogP contribution in [-0.2, 0) is 19.4 Å². The van der Waals surface area contributed by atoms with Gasteiger partial charge in [-0.1, -0.05) is 13.0 Å². The van der Waals surface area contributed by atoms with Gasteiger partial charge in [-0.15, -0.1) is 0 Å². The van der Waals surface area contributed by atoms with Crippen LogP contribution in [-0.4, -0.2) is 63.8 Å². The smallest absolute Gasteiger partial charge is 0.316 e. The summed E-state index contributed by atoms with van der Waals surface area (Å²) in [4.78, 5) is 15.2. The van der Waals surface area contributed by atoms with Gasteiger partial charge in [0.1, 0.15) is 18.2 Å². The maximum Gasteiger partial charge on any atom is 0.316 e. The van der Waals surface area contributed by atoms with Crippen molar-refractivity contribution in [1.29, 1.82) is 0 Å². The van der Waals surface area contributed by atoms with E-state index in [0.717, 1.165) is 48.0 Å². The summed E-state index contributed by atoms with van der Waals surface area (Å²) in [5.41, 5.74) is 5.20. The molecule has 222 valence electrons. The number of anilines is 1. The zero-order valence-electron chi connectivity index (χ0n) is 24.7. The van der Waals surface area contributed by atoms with Gasteiger partial charge in [-0.2, -0.15) is 9.97 Å². The molecule has 4 fully saturated rings. The molecular weight excluding hydrogens is 529 g/mol. The van der Waals surface area contributed by atoms with Crippen molar-refractivity contribution in [1.82, 2.24) is 20.2 Å². The molecule has 2 bridgehead atoms. The molecule has 2 N–H and O–H groups in total. The lowest BCUT2D eigenvalue weighted by atomic mass is 9.85. The molecular formula is C34H42FN5O2. The number of aromatic nitrogens is 2. The minimum Gasteiger partial charge on any atom is -0.508 e. The molecule has 0 amide bonds. The predicted octanol–water partition coefficient (Wildman–Crippen LogP) is 5.60. The summed E-state index contributed by atoms with van der Waals surface area (Å²) in [7, 11) is 0. The maximum absolute atomic E-state index is 15.0. The Kier molecular flexibility index (Phi) is 6.56. The van der Waals surface area contributed by atoms with Gasteiger partial charge in [-0.05, 0) is 106 Å². The Morgan fingerprint density at radius 1 is 1.07 bits per heavy atom. The monoisotopic (exact) mass is 571 g/mol. The van der Waals surface area contributed by atoms with E-state index in [-0.39, 0.29) is 17.1 Å². The molecule has 0 saturated carbocycles. The Labute approximate surface area is 247 Å². The van der Waals surface area contributed by atoms with Gasteiger partial charge in [-0.25, -0.2) is 4.39 Å². The number of fused-ring (bicyclic) bond motifs is 5. The van der Waals surface area contributed by atoms with Crippen LogP contribution in [0, 0.1) is 5.82 Å². The lowest BCUT2D eigenvalue weighted by molar-refractivity contribution is 0.107. The summed E-state index contributed by atoms with van der Waals surface area (Å²) in [5, 5.41) is 16.2. The highest BCUT2D eigenvalue weighted by Gasteiger charge is 2.45. The first-order valence-electron chi connectivity index (χ1n) is 16.2. The van der Waals surface area contributed by atoms with Gasteiger partial charge >= 0.3 is 6.01 Å². The van der Waals surface area contributed by atoms with Gasteiger partial charge in [0.05, 0.1) is 23.5 Å². The molecule has 0 radical (unpaired) electrons. The molecule has 5 aliphatic heterocycles. The SMILES string of the molecule is CCc1c(F)ccc2cc(O)cc(N3CCc4c(nc(OCC56CCCN5CCC6)nc4C4C[C@H]5CC[C@@H](C4)N5)C3)c12. The largest absolute Gasteiger partial charge is 0.508 e. The van der Waals surface area contributed by atoms with Crippen LogP contribution in [0.5, 0.6) is 11.8 Å². The molecule has 6 heterocycles. The third-order valence-electron chi connectivity index (χ3n) is 11.0. The van der Waals surface area contributed by atoms with Crippen molar-refractivity contribution in [2.24, 2.45) is 0 Å². The van der Waals surface area contributed by atoms with Crippen molar-refractivity contribution in [3.8, 4) is 11.8 Å². The first kappa shape index (κ1) is 26.6.